The molecule has 1 aliphatic rings. The summed E-state index contributed by atoms with van der Waals surface area (Å²) in [6.07, 6.45) is -0.366. The van der Waals surface area contributed by atoms with Gasteiger partial charge in [0.2, 0.25) is 0 Å². The fraction of sp³-hybridized carbons (Fsp3) is 0.538. The van der Waals surface area contributed by atoms with Crippen LogP contribution in [0, 0.1) is 5.92 Å². The predicted octanol–water partition coefficient (Wildman–Crippen LogP) is 3.21. The van der Waals surface area contributed by atoms with Gasteiger partial charge in [0.25, 0.3) is 8.05 Å². The standard InChI is InChI=1S/C10H12O2.C2H6.CH4O.BHO.2HI.V/c1-7-6-12-9-5-3-2-4-8(9)10(7)11;3*1-2;;;/h2-5,7,10-11H,6H2,1H3;1-2H3;2H,1H3;2H;2*1H;/q;;;;;;+2/p-2/t7-,10+;;;;;;/m0....../s1. The number of hydrogen-bond donors (Lipinski definition) is 3. The van der Waals surface area contributed by atoms with Crippen LogP contribution in [0.4, 0.5) is 0 Å². The van der Waals surface area contributed by atoms with E-state index in [0.29, 0.717) is 16.1 Å². The molecule has 21 heavy (non-hydrogen) atoms. The van der Waals surface area contributed by atoms with Gasteiger partial charge >= 0.3 is 49.4 Å². The second-order valence-corrected chi connectivity index (χ2v) is 15.1. The molecule has 1 heterocycles. The van der Waals surface area contributed by atoms with Crippen LogP contribution >= 0.6 is 40.0 Å². The molecular formula is C13H23BI2O4V. The van der Waals surface area contributed by atoms with Crippen molar-refractivity contribution in [2.75, 3.05) is 13.7 Å². The third-order valence-electron chi connectivity index (χ3n) is 2.28. The molecule has 0 saturated carbocycles. The third kappa shape index (κ3) is 12.1. The number of fused-ring (bicyclic) bond motifs is 1. The average molecular weight is 559 g/mol. The second kappa shape index (κ2) is 21.0. The molecule has 121 valence electrons. The van der Waals surface area contributed by atoms with Crippen molar-refractivity contribution in [2.45, 2.75) is 26.9 Å². The molecule has 0 bridgehead atoms. The van der Waals surface area contributed by atoms with Crippen LogP contribution in [0.15, 0.2) is 24.3 Å². The quantitative estimate of drug-likeness (QED) is 0.338. The SMILES string of the molecule is CC.CO.C[C@H]1COc2ccccc2[C@@H]1O.[B]O.[I][V][I]. The molecule has 2 radical (unpaired) electrons. The van der Waals surface area contributed by atoms with E-state index in [1.54, 1.807) is 0 Å². The number of para-hydroxylation sites is 1. The van der Waals surface area contributed by atoms with E-state index in [2.05, 4.69) is 48.0 Å². The summed E-state index contributed by atoms with van der Waals surface area (Å²) in [5.41, 5.74) is 0.913. The molecule has 0 aromatic heterocycles. The van der Waals surface area contributed by atoms with Gasteiger partial charge in [0.15, 0.2) is 0 Å². The number of aliphatic hydroxyl groups excluding tert-OH is 2. The Balaban J connectivity index is -0.000000308. The van der Waals surface area contributed by atoms with Gasteiger partial charge in [0.05, 0.1) is 12.7 Å². The minimum atomic E-state index is -0.366. The van der Waals surface area contributed by atoms with E-state index in [-0.39, 0.29) is 12.0 Å². The summed E-state index contributed by atoms with van der Waals surface area (Å²) < 4.78 is 5.45. The molecule has 0 fully saturated rings. The minimum absolute atomic E-state index is 0.194. The van der Waals surface area contributed by atoms with Gasteiger partial charge in [-0.25, -0.2) is 0 Å². The first-order valence-electron chi connectivity index (χ1n) is 6.23. The molecule has 2 atom stereocenters. The van der Waals surface area contributed by atoms with Crippen LogP contribution in [-0.2, 0) is 9.47 Å². The summed E-state index contributed by atoms with van der Waals surface area (Å²) in [5, 5.41) is 23.2. The zero-order valence-electron chi connectivity index (χ0n) is 12.7. The molecule has 0 spiro atoms. The van der Waals surface area contributed by atoms with E-state index in [1.807, 2.05) is 45.0 Å². The molecule has 3 N–H and O–H groups in total. The van der Waals surface area contributed by atoms with Gasteiger partial charge in [-0.05, 0) is 6.07 Å². The van der Waals surface area contributed by atoms with E-state index >= 15 is 0 Å². The van der Waals surface area contributed by atoms with Gasteiger partial charge in [-0.2, -0.15) is 0 Å². The van der Waals surface area contributed by atoms with E-state index in [4.69, 9.17) is 14.9 Å². The number of rotatable bonds is 0. The van der Waals surface area contributed by atoms with Crippen molar-refractivity contribution >= 4 is 48.0 Å². The van der Waals surface area contributed by atoms with Gasteiger partial charge in [-0.1, -0.05) is 39.0 Å². The van der Waals surface area contributed by atoms with Crippen LogP contribution in [0.1, 0.15) is 32.4 Å². The Bertz CT molecular complexity index is 322. The van der Waals surface area contributed by atoms with Gasteiger partial charge in [0, 0.05) is 18.6 Å². The molecule has 2 rings (SSSR count). The van der Waals surface area contributed by atoms with Crippen molar-refractivity contribution in [1.29, 1.82) is 0 Å². The Kier molecular flexibility index (Phi) is 26.9. The summed E-state index contributed by atoms with van der Waals surface area (Å²) in [5.74, 6) is 1.02. The first kappa shape index (κ1) is 26.9. The van der Waals surface area contributed by atoms with Crippen molar-refractivity contribution in [1.82, 2.24) is 0 Å². The molecule has 1 aliphatic heterocycles. The van der Waals surface area contributed by atoms with Crippen LogP contribution in [0.2, 0.25) is 0 Å². The maximum absolute atomic E-state index is 9.75. The van der Waals surface area contributed by atoms with Gasteiger partial charge in [-0.15, -0.1) is 0 Å². The number of halogens is 2. The Labute approximate surface area is 158 Å². The Morgan fingerprint density at radius 2 is 1.62 bits per heavy atom. The summed E-state index contributed by atoms with van der Waals surface area (Å²) >= 11 is 4.74. The maximum atomic E-state index is 9.75. The first-order valence-corrected chi connectivity index (χ1v) is 15.2. The molecule has 1 aromatic rings. The zero-order valence-corrected chi connectivity index (χ0v) is 18.4. The number of hydrogen-bond acceptors (Lipinski definition) is 4. The summed E-state index contributed by atoms with van der Waals surface area (Å²) in [4.78, 5) is 0. The molecular weight excluding hydrogens is 536 g/mol. The zero-order chi connectivity index (χ0) is 17.3. The fourth-order valence-electron chi connectivity index (χ4n) is 1.48. The van der Waals surface area contributed by atoms with Gasteiger partial charge < -0.3 is 20.0 Å². The van der Waals surface area contributed by atoms with Crippen LogP contribution in [0.25, 0.3) is 0 Å². The Morgan fingerprint density at radius 1 is 1.19 bits per heavy atom. The monoisotopic (exact) mass is 559 g/mol. The molecule has 0 amide bonds. The van der Waals surface area contributed by atoms with Crippen molar-refractivity contribution in [3.63, 3.8) is 0 Å². The van der Waals surface area contributed by atoms with E-state index < -0.39 is 0 Å². The second-order valence-electron chi connectivity index (χ2n) is 3.33. The molecule has 0 saturated heterocycles. The molecule has 0 unspecified atom stereocenters. The van der Waals surface area contributed by atoms with Crippen LogP contribution in [0.5, 0.6) is 5.75 Å². The molecule has 1 aromatic carbocycles. The first-order chi connectivity index (χ1) is 10.2. The van der Waals surface area contributed by atoms with E-state index in [0.717, 1.165) is 18.4 Å². The predicted molar refractivity (Wildman–Crippen MR) is 102 cm³/mol. The van der Waals surface area contributed by atoms with E-state index in [1.165, 1.54) is 0 Å². The normalized spacial score (nSPS) is 17.2. The van der Waals surface area contributed by atoms with Crippen LogP contribution in [-0.4, -0.2) is 37.0 Å². The average Bonchev–Trinajstić information content (AvgIpc) is 2.58. The van der Waals surface area contributed by atoms with Crippen LogP contribution < -0.4 is 4.74 Å². The van der Waals surface area contributed by atoms with Crippen molar-refractivity contribution in [3.05, 3.63) is 29.8 Å². The van der Waals surface area contributed by atoms with Crippen LogP contribution in [0.3, 0.4) is 0 Å². The van der Waals surface area contributed by atoms with Gasteiger partial charge in [-0.3, -0.25) is 0 Å². The molecule has 8 heteroatoms. The van der Waals surface area contributed by atoms with Crippen molar-refractivity contribution in [2.24, 2.45) is 5.92 Å². The summed E-state index contributed by atoms with van der Waals surface area (Å²) in [6.45, 7) is 6.60. The Morgan fingerprint density at radius 3 is 2.10 bits per heavy atom. The van der Waals surface area contributed by atoms with Crippen molar-refractivity contribution < 1.29 is 29.4 Å². The van der Waals surface area contributed by atoms with Gasteiger partial charge in [0.1, 0.15) is 5.75 Å². The number of benzene rings is 1. The summed E-state index contributed by atoms with van der Waals surface area (Å²) in [6, 6.07) is 7.64. The fourth-order valence-corrected chi connectivity index (χ4v) is 1.48. The third-order valence-corrected chi connectivity index (χ3v) is 2.28. The van der Waals surface area contributed by atoms with E-state index in [9.17, 15) is 5.11 Å². The Hall–Kier alpha value is 1.01. The number of aliphatic hydroxyl groups is 2. The van der Waals surface area contributed by atoms with Crippen molar-refractivity contribution in [3.8, 4) is 5.75 Å². The topological polar surface area (TPSA) is 69.9 Å². The number of ether oxygens (including phenoxy) is 1. The summed E-state index contributed by atoms with van der Waals surface area (Å²) in [7, 11) is 5.13. The molecule has 4 nitrogen and oxygen atoms in total. The molecule has 0 aliphatic carbocycles.